The maximum atomic E-state index is 11.9. The Morgan fingerprint density at radius 2 is 2.37 bits per heavy atom. The molecule has 1 unspecified atom stereocenters. The maximum absolute atomic E-state index is 11.9. The average Bonchev–Trinajstić information content (AvgIpc) is 2.95. The monoisotopic (exact) mass is 266 g/mol. The van der Waals surface area contributed by atoms with E-state index in [4.69, 9.17) is 5.11 Å². The van der Waals surface area contributed by atoms with Gasteiger partial charge >= 0.3 is 12.0 Å². The van der Waals surface area contributed by atoms with Gasteiger partial charge in [-0.2, -0.15) is 0 Å². The average molecular weight is 266 g/mol. The van der Waals surface area contributed by atoms with Gasteiger partial charge in [0.2, 0.25) is 0 Å². The van der Waals surface area contributed by atoms with Crippen molar-refractivity contribution in [3.8, 4) is 0 Å². The van der Waals surface area contributed by atoms with Gasteiger partial charge in [-0.15, -0.1) is 0 Å². The Kier molecular flexibility index (Phi) is 4.03. The van der Waals surface area contributed by atoms with Crippen LogP contribution in [-0.4, -0.2) is 44.6 Å². The smallest absolute Gasteiger partial charge is 0.317 e. The zero-order valence-electron chi connectivity index (χ0n) is 10.9. The van der Waals surface area contributed by atoms with Gasteiger partial charge in [0.15, 0.2) is 0 Å². The van der Waals surface area contributed by atoms with Crippen molar-refractivity contribution in [1.82, 2.24) is 19.8 Å². The van der Waals surface area contributed by atoms with Gasteiger partial charge in [-0.1, -0.05) is 0 Å². The molecule has 7 heteroatoms. The SMILES string of the molecule is Cn1ccnc1CNC(=O)N1CCC(CC(=O)O)C1. The summed E-state index contributed by atoms with van der Waals surface area (Å²) in [5, 5.41) is 11.5. The summed E-state index contributed by atoms with van der Waals surface area (Å²) >= 11 is 0. The largest absolute Gasteiger partial charge is 0.481 e. The van der Waals surface area contributed by atoms with Gasteiger partial charge in [-0.05, 0) is 12.3 Å². The van der Waals surface area contributed by atoms with Crippen molar-refractivity contribution in [2.45, 2.75) is 19.4 Å². The molecule has 19 heavy (non-hydrogen) atoms. The summed E-state index contributed by atoms with van der Waals surface area (Å²) in [5.74, 6) is 0.0475. The summed E-state index contributed by atoms with van der Waals surface area (Å²) in [7, 11) is 1.87. The fourth-order valence-corrected chi connectivity index (χ4v) is 2.26. The first-order valence-corrected chi connectivity index (χ1v) is 6.27. The highest BCUT2D eigenvalue weighted by molar-refractivity contribution is 5.74. The Bertz CT molecular complexity index is 471. The summed E-state index contributed by atoms with van der Waals surface area (Å²) in [6.45, 7) is 1.51. The summed E-state index contributed by atoms with van der Waals surface area (Å²) < 4.78 is 1.84. The first-order chi connectivity index (χ1) is 9.06. The van der Waals surface area contributed by atoms with E-state index < -0.39 is 5.97 Å². The molecule has 1 saturated heterocycles. The number of aryl methyl sites for hydroxylation is 1. The number of amides is 2. The molecule has 0 bridgehead atoms. The lowest BCUT2D eigenvalue weighted by molar-refractivity contribution is -0.138. The molecule has 104 valence electrons. The highest BCUT2D eigenvalue weighted by Gasteiger charge is 2.27. The summed E-state index contributed by atoms with van der Waals surface area (Å²) in [6.07, 6.45) is 4.38. The number of hydrogen-bond donors (Lipinski definition) is 2. The fourth-order valence-electron chi connectivity index (χ4n) is 2.26. The minimum absolute atomic E-state index is 0.0661. The molecule has 1 atom stereocenters. The molecule has 0 radical (unpaired) electrons. The second kappa shape index (κ2) is 5.73. The third-order valence-electron chi connectivity index (χ3n) is 3.36. The number of carbonyl (C=O) groups is 2. The Labute approximate surface area is 111 Å². The van der Waals surface area contributed by atoms with E-state index >= 15 is 0 Å². The van der Waals surface area contributed by atoms with Crippen LogP contribution in [0, 0.1) is 5.92 Å². The number of likely N-dealkylation sites (tertiary alicyclic amines) is 1. The van der Waals surface area contributed by atoms with Crippen LogP contribution in [0.5, 0.6) is 0 Å². The molecule has 2 amide bonds. The lowest BCUT2D eigenvalue weighted by Crippen LogP contribution is -2.38. The highest BCUT2D eigenvalue weighted by Crippen LogP contribution is 2.19. The van der Waals surface area contributed by atoms with Crippen LogP contribution in [0.2, 0.25) is 0 Å². The third kappa shape index (κ3) is 3.46. The van der Waals surface area contributed by atoms with Gasteiger partial charge in [0.1, 0.15) is 5.82 Å². The lowest BCUT2D eigenvalue weighted by atomic mass is 10.1. The first kappa shape index (κ1) is 13.4. The first-order valence-electron chi connectivity index (χ1n) is 6.27. The van der Waals surface area contributed by atoms with Crippen LogP contribution < -0.4 is 5.32 Å². The van der Waals surface area contributed by atoms with Gasteiger partial charge in [0.05, 0.1) is 6.54 Å². The molecule has 1 aromatic heterocycles. The number of hydrogen-bond acceptors (Lipinski definition) is 3. The van der Waals surface area contributed by atoms with Crippen molar-refractivity contribution in [2.75, 3.05) is 13.1 Å². The van der Waals surface area contributed by atoms with Crippen LogP contribution in [0.1, 0.15) is 18.7 Å². The van der Waals surface area contributed by atoms with Crippen molar-refractivity contribution in [3.63, 3.8) is 0 Å². The van der Waals surface area contributed by atoms with Crippen LogP contribution in [0.3, 0.4) is 0 Å². The number of imidazole rings is 1. The normalized spacial score (nSPS) is 18.6. The number of carbonyl (C=O) groups excluding carboxylic acids is 1. The molecule has 1 fully saturated rings. The van der Waals surface area contributed by atoms with E-state index in [2.05, 4.69) is 10.3 Å². The van der Waals surface area contributed by atoms with Crippen molar-refractivity contribution >= 4 is 12.0 Å². The quantitative estimate of drug-likeness (QED) is 0.827. The Balaban J connectivity index is 1.78. The molecular formula is C12H18N4O3. The molecule has 0 aliphatic carbocycles. The summed E-state index contributed by atoms with van der Waals surface area (Å²) in [5.41, 5.74) is 0. The zero-order chi connectivity index (χ0) is 13.8. The van der Waals surface area contributed by atoms with Crippen LogP contribution in [-0.2, 0) is 18.4 Å². The number of urea groups is 1. The lowest BCUT2D eigenvalue weighted by Gasteiger charge is -2.17. The topological polar surface area (TPSA) is 87.5 Å². The van der Waals surface area contributed by atoms with E-state index in [0.717, 1.165) is 12.2 Å². The number of nitrogens with one attached hydrogen (secondary N) is 1. The maximum Gasteiger partial charge on any atom is 0.317 e. The highest BCUT2D eigenvalue weighted by atomic mass is 16.4. The Hall–Kier alpha value is -2.05. The molecule has 1 aliphatic heterocycles. The van der Waals surface area contributed by atoms with Crippen molar-refractivity contribution in [2.24, 2.45) is 13.0 Å². The molecular weight excluding hydrogens is 248 g/mol. The van der Waals surface area contributed by atoms with Crippen molar-refractivity contribution in [1.29, 1.82) is 0 Å². The molecule has 0 spiro atoms. The Morgan fingerprint density at radius 3 is 3.00 bits per heavy atom. The summed E-state index contributed by atoms with van der Waals surface area (Å²) in [4.78, 5) is 28.3. The minimum Gasteiger partial charge on any atom is -0.481 e. The van der Waals surface area contributed by atoms with Crippen LogP contribution in [0.25, 0.3) is 0 Å². The fraction of sp³-hybridized carbons (Fsp3) is 0.583. The Morgan fingerprint density at radius 1 is 1.58 bits per heavy atom. The van der Waals surface area contributed by atoms with Gasteiger partial charge in [0, 0.05) is 39.0 Å². The molecule has 1 aromatic rings. The van der Waals surface area contributed by atoms with E-state index in [1.165, 1.54) is 0 Å². The number of carboxylic acid groups (broad SMARTS) is 1. The van der Waals surface area contributed by atoms with Gasteiger partial charge < -0.3 is 19.9 Å². The van der Waals surface area contributed by atoms with Crippen molar-refractivity contribution < 1.29 is 14.7 Å². The van der Waals surface area contributed by atoms with Crippen LogP contribution in [0.15, 0.2) is 12.4 Å². The molecule has 0 aromatic carbocycles. The van der Waals surface area contributed by atoms with E-state index in [1.54, 1.807) is 11.1 Å². The molecule has 2 heterocycles. The predicted octanol–water partition coefficient (Wildman–Crippen LogP) is 0.426. The van der Waals surface area contributed by atoms with E-state index in [-0.39, 0.29) is 18.4 Å². The number of aliphatic carboxylic acids is 1. The van der Waals surface area contributed by atoms with Gasteiger partial charge in [0.25, 0.3) is 0 Å². The second-order valence-electron chi connectivity index (χ2n) is 4.81. The molecule has 1 aliphatic rings. The summed E-state index contributed by atoms with van der Waals surface area (Å²) in [6, 6.07) is -0.157. The molecule has 2 N–H and O–H groups in total. The molecule has 0 saturated carbocycles. The standard InChI is InChI=1S/C12H18N4O3/c1-15-5-3-13-10(15)7-14-12(19)16-4-2-9(8-16)6-11(17)18/h3,5,9H,2,4,6-8H2,1H3,(H,14,19)(H,17,18). The number of rotatable bonds is 4. The van der Waals surface area contributed by atoms with Gasteiger partial charge in [-0.3, -0.25) is 4.79 Å². The zero-order valence-corrected chi connectivity index (χ0v) is 10.9. The van der Waals surface area contributed by atoms with Crippen LogP contribution >= 0.6 is 0 Å². The van der Waals surface area contributed by atoms with E-state index in [0.29, 0.717) is 19.6 Å². The third-order valence-corrected chi connectivity index (χ3v) is 3.36. The number of nitrogens with zero attached hydrogens (tertiary/aromatic N) is 3. The molecule has 7 nitrogen and oxygen atoms in total. The molecule has 2 rings (SSSR count). The second-order valence-corrected chi connectivity index (χ2v) is 4.81. The minimum atomic E-state index is -0.805. The van der Waals surface area contributed by atoms with Gasteiger partial charge in [-0.25, -0.2) is 9.78 Å². The number of aromatic nitrogens is 2. The van der Waals surface area contributed by atoms with Crippen molar-refractivity contribution in [3.05, 3.63) is 18.2 Å². The van der Waals surface area contributed by atoms with Crippen LogP contribution in [0.4, 0.5) is 4.79 Å². The van der Waals surface area contributed by atoms with E-state index in [1.807, 2.05) is 17.8 Å². The predicted molar refractivity (Wildman–Crippen MR) is 67.4 cm³/mol. The van der Waals surface area contributed by atoms with E-state index in [9.17, 15) is 9.59 Å². The number of carboxylic acids is 1.